The number of aromatic nitrogens is 1. The number of hydrogen-bond donors (Lipinski definition) is 2. The van der Waals surface area contributed by atoms with E-state index in [0.717, 1.165) is 22.0 Å². The molecule has 0 aliphatic rings. The molecule has 3 aromatic carbocycles. The number of carbonyl (C=O) groups is 1. The molecule has 1 atom stereocenters. The lowest BCUT2D eigenvalue weighted by Gasteiger charge is -2.19. The molecule has 0 spiro atoms. The number of H-pyrrole nitrogens is 1. The minimum absolute atomic E-state index is 0.175. The van der Waals surface area contributed by atoms with Crippen molar-refractivity contribution in [3.63, 3.8) is 0 Å². The number of halogens is 2. The van der Waals surface area contributed by atoms with Crippen LogP contribution < -0.4 is 5.32 Å². The number of para-hydroxylation sites is 1. The van der Waals surface area contributed by atoms with E-state index in [0.29, 0.717) is 28.1 Å². The number of hydrogen-bond acceptors (Lipinski definition) is 2. The summed E-state index contributed by atoms with van der Waals surface area (Å²) in [4.78, 5) is 16.3. The maximum Gasteiger partial charge on any atom is 0.287 e. The van der Waals surface area contributed by atoms with Crippen LogP contribution in [0.5, 0.6) is 0 Å². The van der Waals surface area contributed by atoms with Crippen LogP contribution in [0, 0.1) is 12.7 Å². The van der Waals surface area contributed by atoms with Crippen LogP contribution in [-0.4, -0.2) is 17.4 Å². The molecule has 1 amide bonds. The highest BCUT2D eigenvalue weighted by Gasteiger charge is 2.23. The van der Waals surface area contributed by atoms with Crippen LogP contribution >= 0.6 is 11.6 Å². The number of benzene rings is 3. The summed E-state index contributed by atoms with van der Waals surface area (Å²) in [6, 6.07) is 19.9. The molecule has 0 fully saturated rings. The highest BCUT2D eigenvalue weighted by molar-refractivity contribution is 6.31. The zero-order valence-electron chi connectivity index (χ0n) is 17.3. The lowest BCUT2D eigenvalue weighted by molar-refractivity contribution is 0.0926. The van der Waals surface area contributed by atoms with Crippen molar-refractivity contribution in [2.45, 2.75) is 12.8 Å². The van der Waals surface area contributed by atoms with Gasteiger partial charge in [-0.1, -0.05) is 48.0 Å². The van der Waals surface area contributed by atoms with Gasteiger partial charge < -0.3 is 14.7 Å². The van der Waals surface area contributed by atoms with Gasteiger partial charge in [-0.3, -0.25) is 4.79 Å². The lowest BCUT2D eigenvalue weighted by atomic mass is 9.90. The lowest BCUT2D eigenvalue weighted by Crippen LogP contribution is -2.29. The number of aromatic amines is 1. The van der Waals surface area contributed by atoms with E-state index in [9.17, 15) is 9.18 Å². The Morgan fingerprint density at radius 1 is 1.06 bits per heavy atom. The summed E-state index contributed by atoms with van der Waals surface area (Å²) in [5.74, 6) is -0.712. The van der Waals surface area contributed by atoms with Crippen LogP contribution in [0.4, 0.5) is 4.39 Å². The maximum atomic E-state index is 13.6. The zero-order chi connectivity index (χ0) is 22.2. The minimum Gasteiger partial charge on any atom is -0.451 e. The Labute approximate surface area is 189 Å². The number of carbonyl (C=O) groups excluding carboxylic acids is 1. The third-order valence-electron chi connectivity index (χ3n) is 5.85. The highest BCUT2D eigenvalue weighted by atomic mass is 35.5. The van der Waals surface area contributed by atoms with Gasteiger partial charge >= 0.3 is 0 Å². The molecular weight excluding hydrogens is 427 g/mol. The van der Waals surface area contributed by atoms with Crippen LogP contribution in [0.3, 0.4) is 0 Å². The van der Waals surface area contributed by atoms with Crippen molar-refractivity contribution < 1.29 is 13.6 Å². The average molecular weight is 447 g/mol. The van der Waals surface area contributed by atoms with E-state index in [1.807, 2.05) is 54.7 Å². The van der Waals surface area contributed by atoms with Crippen LogP contribution in [0.2, 0.25) is 5.02 Å². The molecule has 0 radical (unpaired) electrons. The molecular formula is C26H20ClFN2O2. The second-order valence-electron chi connectivity index (χ2n) is 7.77. The van der Waals surface area contributed by atoms with Gasteiger partial charge in [-0.05, 0) is 48.4 Å². The van der Waals surface area contributed by atoms with Gasteiger partial charge in [0.1, 0.15) is 11.4 Å². The topological polar surface area (TPSA) is 58.0 Å². The third kappa shape index (κ3) is 3.55. The molecule has 5 rings (SSSR count). The van der Waals surface area contributed by atoms with Gasteiger partial charge in [0, 0.05) is 45.5 Å². The van der Waals surface area contributed by atoms with Gasteiger partial charge in [-0.15, -0.1) is 0 Å². The first-order valence-electron chi connectivity index (χ1n) is 10.3. The number of furan rings is 1. The molecule has 6 heteroatoms. The Kier molecular flexibility index (Phi) is 5.19. The van der Waals surface area contributed by atoms with Crippen molar-refractivity contribution in [2.24, 2.45) is 0 Å². The van der Waals surface area contributed by atoms with Gasteiger partial charge in [0.25, 0.3) is 5.91 Å². The third-order valence-corrected chi connectivity index (χ3v) is 6.19. The highest BCUT2D eigenvalue weighted by Crippen LogP contribution is 2.34. The second kappa shape index (κ2) is 8.17. The molecule has 0 aliphatic carbocycles. The fraction of sp³-hybridized carbons (Fsp3) is 0.115. The summed E-state index contributed by atoms with van der Waals surface area (Å²) in [5, 5.41) is 5.29. The monoisotopic (exact) mass is 446 g/mol. The molecule has 2 aromatic heterocycles. The average Bonchev–Trinajstić information content (AvgIpc) is 3.36. The van der Waals surface area contributed by atoms with Crippen LogP contribution in [-0.2, 0) is 0 Å². The number of rotatable bonds is 5. The number of amides is 1. The molecule has 0 bridgehead atoms. The van der Waals surface area contributed by atoms with Crippen molar-refractivity contribution in [3.05, 3.63) is 106 Å². The Morgan fingerprint density at radius 2 is 1.84 bits per heavy atom. The van der Waals surface area contributed by atoms with Crippen molar-refractivity contribution in [3.8, 4) is 0 Å². The van der Waals surface area contributed by atoms with E-state index in [2.05, 4.69) is 10.3 Å². The first kappa shape index (κ1) is 20.3. The molecule has 32 heavy (non-hydrogen) atoms. The maximum absolute atomic E-state index is 13.6. The largest absolute Gasteiger partial charge is 0.451 e. The van der Waals surface area contributed by atoms with Gasteiger partial charge in [0.2, 0.25) is 0 Å². The molecule has 2 heterocycles. The smallest absolute Gasteiger partial charge is 0.287 e. The van der Waals surface area contributed by atoms with Crippen molar-refractivity contribution >= 4 is 39.4 Å². The second-order valence-corrected chi connectivity index (χ2v) is 8.18. The van der Waals surface area contributed by atoms with Crippen LogP contribution in [0.1, 0.15) is 33.2 Å². The number of fused-ring (bicyclic) bond motifs is 2. The van der Waals surface area contributed by atoms with Gasteiger partial charge in [-0.2, -0.15) is 0 Å². The van der Waals surface area contributed by atoms with Crippen molar-refractivity contribution in [2.75, 3.05) is 6.54 Å². The van der Waals surface area contributed by atoms with Crippen LogP contribution in [0.25, 0.3) is 21.9 Å². The van der Waals surface area contributed by atoms with Crippen molar-refractivity contribution in [1.82, 2.24) is 10.3 Å². The summed E-state index contributed by atoms with van der Waals surface area (Å²) in [6.07, 6.45) is 1.96. The standard InChI is InChI=1S/C26H20ClFN2O2/c1-15-19-12-16(28)10-11-24(19)32-25(15)26(31)30-14-20(17-6-2-4-8-22(17)27)21-13-29-23-9-5-3-7-18(21)23/h2-13,20,29H,14H2,1H3,(H,30,31)/t20-/m1/s1. The van der Waals surface area contributed by atoms with Gasteiger partial charge in [0.15, 0.2) is 5.76 Å². The zero-order valence-corrected chi connectivity index (χ0v) is 18.0. The SMILES string of the molecule is Cc1c(C(=O)NC[C@H](c2ccccc2Cl)c2c[nH]c3ccccc23)oc2ccc(F)cc12. The van der Waals surface area contributed by atoms with Gasteiger partial charge in [-0.25, -0.2) is 4.39 Å². The summed E-state index contributed by atoms with van der Waals surface area (Å²) < 4.78 is 19.4. The van der Waals surface area contributed by atoms with E-state index in [4.69, 9.17) is 16.0 Å². The quantitative estimate of drug-likeness (QED) is 0.320. The Hall–Kier alpha value is -3.57. The Morgan fingerprint density at radius 3 is 2.69 bits per heavy atom. The van der Waals surface area contributed by atoms with Gasteiger partial charge in [0.05, 0.1) is 0 Å². The van der Waals surface area contributed by atoms with E-state index >= 15 is 0 Å². The predicted octanol–water partition coefficient (Wildman–Crippen LogP) is 6.58. The number of aryl methyl sites for hydroxylation is 1. The Balaban J connectivity index is 1.49. The molecule has 4 nitrogen and oxygen atoms in total. The molecule has 0 unspecified atom stereocenters. The first-order chi connectivity index (χ1) is 15.5. The molecule has 2 N–H and O–H groups in total. The first-order valence-corrected chi connectivity index (χ1v) is 10.7. The van der Waals surface area contributed by atoms with Crippen molar-refractivity contribution in [1.29, 1.82) is 0 Å². The molecule has 0 aliphatic heterocycles. The van der Waals surface area contributed by atoms with E-state index in [1.54, 1.807) is 6.92 Å². The van der Waals surface area contributed by atoms with E-state index < -0.39 is 0 Å². The minimum atomic E-state index is -0.369. The normalized spacial score (nSPS) is 12.3. The Bertz CT molecular complexity index is 1450. The van der Waals surface area contributed by atoms with Crippen LogP contribution in [0.15, 0.2) is 77.3 Å². The summed E-state index contributed by atoms with van der Waals surface area (Å²) >= 11 is 6.54. The van der Waals surface area contributed by atoms with E-state index in [1.165, 1.54) is 18.2 Å². The molecule has 5 aromatic rings. The summed E-state index contributed by atoms with van der Waals surface area (Å²) in [6.45, 7) is 2.07. The summed E-state index contributed by atoms with van der Waals surface area (Å²) in [7, 11) is 0. The molecule has 160 valence electrons. The fourth-order valence-electron chi connectivity index (χ4n) is 4.21. The molecule has 0 saturated carbocycles. The summed E-state index contributed by atoms with van der Waals surface area (Å²) in [5.41, 5.74) is 4.06. The molecule has 0 saturated heterocycles. The number of nitrogens with one attached hydrogen (secondary N) is 2. The van der Waals surface area contributed by atoms with E-state index in [-0.39, 0.29) is 23.4 Å². The fourth-order valence-corrected chi connectivity index (χ4v) is 4.48. The predicted molar refractivity (Wildman–Crippen MR) is 125 cm³/mol.